The van der Waals surface area contributed by atoms with Gasteiger partial charge in [0.05, 0.1) is 6.61 Å². The van der Waals surface area contributed by atoms with Gasteiger partial charge >= 0.3 is 0 Å². The Bertz CT molecular complexity index is 304. The van der Waals surface area contributed by atoms with Gasteiger partial charge in [0.2, 0.25) is 5.95 Å². The zero-order chi connectivity index (χ0) is 11.2. The summed E-state index contributed by atoms with van der Waals surface area (Å²) in [5.74, 6) is 1.47. The van der Waals surface area contributed by atoms with Gasteiger partial charge in [0.15, 0.2) is 0 Å². The van der Waals surface area contributed by atoms with Crippen LogP contribution in [0.5, 0.6) is 0 Å². The van der Waals surface area contributed by atoms with E-state index in [0.717, 1.165) is 32.3 Å². The Balaban J connectivity index is 1.91. The molecule has 2 rings (SSSR count). The highest BCUT2D eigenvalue weighted by atomic mass is 16.5. The molecule has 0 saturated carbocycles. The highest BCUT2D eigenvalue weighted by Gasteiger charge is 2.21. The van der Waals surface area contributed by atoms with E-state index in [0.29, 0.717) is 5.92 Å². The van der Waals surface area contributed by atoms with Crippen LogP contribution in [-0.2, 0) is 4.74 Å². The van der Waals surface area contributed by atoms with Crippen molar-refractivity contribution < 1.29 is 4.74 Å². The first-order valence-corrected chi connectivity index (χ1v) is 6.00. The molecule has 0 N–H and O–H groups in total. The smallest absolute Gasteiger partial charge is 0.225 e. The monoisotopic (exact) mass is 221 g/mol. The van der Waals surface area contributed by atoms with E-state index >= 15 is 0 Å². The summed E-state index contributed by atoms with van der Waals surface area (Å²) in [6.45, 7) is 5.79. The van der Waals surface area contributed by atoms with Gasteiger partial charge in [0.1, 0.15) is 0 Å². The van der Waals surface area contributed by atoms with Crippen LogP contribution in [0.2, 0.25) is 0 Å². The predicted octanol–water partition coefficient (Wildman–Crippen LogP) is 1.73. The summed E-state index contributed by atoms with van der Waals surface area (Å²) in [6, 6.07) is 1.85. The number of aromatic nitrogens is 2. The molecule has 1 aromatic rings. The quantitative estimate of drug-likeness (QED) is 0.776. The second kappa shape index (κ2) is 5.80. The molecule has 4 nitrogen and oxygen atoms in total. The summed E-state index contributed by atoms with van der Waals surface area (Å²) < 4.78 is 5.49. The van der Waals surface area contributed by atoms with E-state index in [-0.39, 0.29) is 0 Å². The van der Waals surface area contributed by atoms with Crippen molar-refractivity contribution in [2.75, 3.05) is 31.2 Å². The highest BCUT2D eigenvalue weighted by molar-refractivity contribution is 5.29. The third-order valence-electron chi connectivity index (χ3n) is 2.91. The number of anilines is 1. The molecule has 4 heteroatoms. The van der Waals surface area contributed by atoms with Crippen molar-refractivity contribution >= 4 is 5.95 Å². The van der Waals surface area contributed by atoms with Gasteiger partial charge in [0.25, 0.3) is 0 Å². The van der Waals surface area contributed by atoms with Crippen molar-refractivity contribution in [3.63, 3.8) is 0 Å². The minimum Gasteiger partial charge on any atom is -0.381 e. The lowest BCUT2D eigenvalue weighted by Crippen LogP contribution is -2.38. The molecule has 1 unspecified atom stereocenters. The number of ether oxygens (including phenoxy) is 1. The first kappa shape index (κ1) is 11.3. The molecule has 0 spiro atoms. The van der Waals surface area contributed by atoms with Crippen LogP contribution in [0.3, 0.4) is 0 Å². The zero-order valence-electron chi connectivity index (χ0n) is 9.80. The van der Waals surface area contributed by atoms with Gasteiger partial charge in [-0.15, -0.1) is 0 Å². The molecular weight excluding hydrogens is 202 g/mol. The molecule has 1 fully saturated rings. The van der Waals surface area contributed by atoms with Crippen molar-refractivity contribution in [3.05, 3.63) is 18.5 Å². The normalized spacial score (nSPS) is 21.1. The molecule has 0 bridgehead atoms. The molecule has 0 aromatic carbocycles. The summed E-state index contributed by atoms with van der Waals surface area (Å²) in [5, 5.41) is 0. The summed E-state index contributed by atoms with van der Waals surface area (Å²) in [7, 11) is 0. The molecule has 1 aromatic heterocycles. The van der Waals surface area contributed by atoms with Crippen LogP contribution in [0.1, 0.15) is 19.8 Å². The molecule has 0 radical (unpaired) electrons. The van der Waals surface area contributed by atoms with E-state index < -0.39 is 0 Å². The zero-order valence-corrected chi connectivity index (χ0v) is 9.80. The molecule has 1 aliphatic heterocycles. The molecule has 1 aliphatic rings. The predicted molar refractivity (Wildman–Crippen MR) is 63.5 cm³/mol. The van der Waals surface area contributed by atoms with Gasteiger partial charge in [-0.2, -0.15) is 0 Å². The van der Waals surface area contributed by atoms with E-state index in [2.05, 4.69) is 14.9 Å². The van der Waals surface area contributed by atoms with Gasteiger partial charge in [-0.05, 0) is 31.7 Å². The van der Waals surface area contributed by atoms with E-state index in [1.54, 1.807) is 12.4 Å². The first-order chi connectivity index (χ1) is 7.90. The summed E-state index contributed by atoms with van der Waals surface area (Å²) in [5.41, 5.74) is 0. The molecule has 1 saturated heterocycles. The van der Waals surface area contributed by atoms with E-state index in [9.17, 15) is 0 Å². The molecule has 16 heavy (non-hydrogen) atoms. The van der Waals surface area contributed by atoms with E-state index in [1.807, 2.05) is 13.0 Å². The Morgan fingerprint density at radius 1 is 1.44 bits per heavy atom. The Kier molecular flexibility index (Phi) is 4.10. The van der Waals surface area contributed by atoms with Gasteiger partial charge < -0.3 is 9.64 Å². The van der Waals surface area contributed by atoms with Crippen molar-refractivity contribution in [2.24, 2.45) is 5.92 Å². The molecule has 0 amide bonds. The number of nitrogens with zero attached hydrogens (tertiary/aromatic N) is 3. The number of piperidine rings is 1. The average Bonchev–Trinajstić information content (AvgIpc) is 2.38. The van der Waals surface area contributed by atoms with Crippen LogP contribution in [0, 0.1) is 5.92 Å². The first-order valence-electron chi connectivity index (χ1n) is 6.00. The minimum atomic E-state index is 0.623. The van der Waals surface area contributed by atoms with Crippen molar-refractivity contribution in [1.29, 1.82) is 0 Å². The Labute approximate surface area is 96.7 Å². The second-order valence-corrected chi connectivity index (χ2v) is 4.16. The topological polar surface area (TPSA) is 38.2 Å². The maximum atomic E-state index is 5.49. The van der Waals surface area contributed by atoms with Gasteiger partial charge in [-0.25, -0.2) is 9.97 Å². The fourth-order valence-electron chi connectivity index (χ4n) is 2.12. The molecule has 1 atom stereocenters. The molecule has 0 aliphatic carbocycles. The third kappa shape index (κ3) is 2.92. The minimum absolute atomic E-state index is 0.623. The van der Waals surface area contributed by atoms with Crippen LogP contribution in [0.4, 0.5) is 5.95 Å². The summed E-state index contributed by atoms with van der Waals surface area (Å²) >= 11 is 0. The Morgan fingerprint density at radius 3 is 3.00 bits per heavy atom. The third-order valence-corrected chi connectivity index (χ3v) is 2.91. The highest BCUT2D eigenvalue weighted by Crippen LogP contribution is 2.19. The SMILES string of the molecule is CCOCC1CCCN(c2ncccn2)C1. The molecular formula is C12H19N3O. The standard InChI is InChI=1S/C12H19N3O/c1-2-16-10-11-5-3-8-15(9-11)12-13-6-4-7-14-12/h4,6-7,11H,2-3,5,8-10H2,1H3. The van der Waals surface area contributed by atoms with Crippen molar-refractivity contribution in [3.8, 4) is 0 Å². The van der Waals surface area contributed by atoms with Crippen LogP contribution >= 0.6 is 0 Å². The van der Waals surface area contributed by atoms with Crippen LogP contribution < -0.4 is 4.90 Å². The Hall–Kier alpha value is -1.16. The van der Waals surface area contributed by atoms with Gasteiger partial charge in [-0.1, -0.05) is 0 Å². The lowest BCUT2D eigenvalue weighted by atomic mass is 9.99. The number of hydrogen-bond acceptors (Lipinski definition) is 4. The van der Waals surface area contributed by atoms with Crippen LogP contribution in [0.15, 0.2) is 18.5 Å². The van der Waals surface area contributed by atoms with Gasteiger partial charge in [0, 0.05) is 32.1 Å². The maximum absolute atomic E-state index is 5.49. The van der Waals surface area contributed by atoms with E-state index in [1.165, 1.54) is 12.8 Å². The number of rotatable bonds is 4. The number of hydrogen-bond donors (Lipinski definition) is 0. The van der Waals surface area contributed by atoms with Crippen molar-refractivity contribution in [2.45, 2.75) is 19.8 Å². The van der Waals surface area contributed by atoms with Crippen LogP contribution in [0.25, 0.3) is 0 Å². The second-order valence-electron chi connectivity index (χ2n) is 4.16. The Morgan fingerprint density at radius 2 is 2.25 bits per heavy atom. The van der Waals surface area contributed by atoms with Gasteiger partial charge in [-0.3, -0.25) is 0 Å². The molecule has 88 valence electrons. The van der Waals surface area contributed by atoms with Crippen molar-refractivity contribution in [1.82, 2.24) is 9.97 Å². The fraction of sp³-hybridized carbons (Fsp3) is 0.667. The lowest BCUT2D eigenvalue weighted by Gasteiger charge is -2.32. The summed E-state index contributed by atoms with van der Waals surface area (Å²) in [6.07, 6.45) is 6.06. The average molecular weight is 221 g/mol. The molecule has 2 heterocycles. The maximum Gasteiger partial charge on any atom is 0.225 e. The van der Waals surface area contributed by atoms with E-state index in [4.69, 9.17) is 4.74 Å². The lowest BCUT2D eigenvalue weighted by molar-refractivity contribution is 0.104. The summed E-state index contributed by atoms with van der Waals surface area (Å²) in [4.78, 5) is 10.8. The van der Waals surface area contributed by atoms with Crippen LogP contribution in [-0.4, -0.2) is 36.3 Å². The largest absolute Gasteiger partial charge is 0.381 e. The fourth-order valence-corrected chi connectivity index (χ4v) is 2.12.